The first-order valence-electron chi connectivity index (χ1n) is 6.17. The van der Waals surface area contributed by atoms with Crippen LogP contribution in [0, 0.1) is 5.82 Å². The molecular formula is C15H16FNO2. The number of carboxylic acid groups (broad SMARTS) is 1. The van der Waals surface area contributed by atoms with E-state index in [9.17, 15) is 9.18 Å². The molecule has 0 amide bonds. The van der Waals surface area contributed by atoms with Crippen molar-refractivity contribution in [2.75, 3.05) is 18.0 Å². The van der Waals surface area contributed by atoms with E-state index < -0.39 is 5.97 Å². The van der Waals surface area contributed by atoms with E-state index in [2.05, 4.69) is 17.9 Å². The Hall–Kier alpha value is -2.10. The Bertz CT molecular complexity index is 549. The van der Waals surface area contributed by atoms with Crippen LogP contribution in [0.3, 0.4) is 0 Å². The Morgan fingerprint density at radius 3 is 2.89 bits per heavy atom. The lowest BCUT2D eigenvalue weighted by molar-refractivity contribution is -0.131. The van der Waals surface area contributed by atoms with E-state index in [-0.39, 0.29) is 5.82 Å². The maximum atomic E-state index is 13.6. The molecule has 0 atom stereocenters. The summed E-state index contributed by atoms with van der Waals surface area (Å²) >= 11 is 0. The summed E-state index contributed by atoms with van der Waals surface area (Å²) in [6.45, 7) is 3.69. The van der Waals surface area contributed by atoms with Gasteiger partial charge in [-0.05, 0) is 43.2 Å². The molecule has 0 fully saturated rings. The number of aliphatic carboxylic acids is 1. The van der Waals surface area contributed by atoms with Crippen molar-refractivity contribution in [1.29, 1.82) is 0 Å². The van der Waals surface area contributed by atoms with Gasteiger partial charge in [0, 0.05) is 24.9 Å². The number of rotatable bonds is 3. The minimum atomic E-state index is -1.04. The zero-order valence-electron chi connectivity index (χ0n) is 10.8. The molecule has 0 bridgehead atoms. The fourth-order valence-electron chi connectivity index (χ4n) is 2.17. The van der Waals surface area contributed by atoms with Crippen molar-refractivity contribution < 1.29 is 14.3 Å². The smallest absolute Gasteiger partial charge is 0.328 e. The van der Waals surface area contributed by atoms with Crippen LogP contribution in [0.5, 0.6) is 0 Å². The second-order valence-electron chi connectivity index (χ2n) is 4.68. The first kappa shape index (κ1) is 13.3. The molecule has 3 nitrogen and oxygen atoms in total. The fraction of sp³-hybridized carbons (Fsp3) is 0.267. The number of nitrogens with zero attached hydrogens (tertiary/aromatic N) is 1. The lowest BCUT2D eigenvalue weighted by Crippen LogP contribution is -2.29. The third kappa shape index (κ3) is 3.68. The largest absolute Gasteiger partial charge is 0.478 e. The van der Waals surface area contributed by atoms with Crippen LogP contribution in [-0.2, 0) is 4.79 Å². The summed E-state index contributed by atoms with van der Waals surface area (Å²) in [7, 11) is 0. The number of benzene rings is 1. The zero-order valence-corrected chi connectivity index (χ0v) is 10.8. The van der Waals surface area contributed by atoms with Crippen LogP contribution in [0.15, 0.2) is 35.9 Å². The molecule has 2 rings (SSSR count). The highest BCUT2D eigenvalue weighted by molar-refractivity contribution is 5.85. The third-order valence-electron chi connectivity index (χ3n) is 3.02. The van der Waals surface area contributed by atoms with Crippen molar-refractivity contribution in [3.63, 3.8) is 0 Å². The molecule has 0 saturated heterocycles. The molecule has 1 aromatic carbocycles. The molecule has 19 heavy (non-hydrogen) atoms. The molecule has 1 aliphatic heterocycles. The summed E-state index contributed by atoms with van der Waals surface area (Å²) in [5.74, 6) is -1.39. The van der Waals surface area contributed by atoms with Crippen molar-refractivity contribution in [3.8, 4) is 0 Å². The van der Waals surface area contributed by atoms with Gasteiger partial charge in [0.1, 0.15) is 5.82 Å². The lowest BCUT2D eigenvalue weighted by Gasteiger charge is -2.28. The molecule has 100 valence electrons. The minimum absolute atomic E-state index is 0.352. The SMILES string of the molecule is CC1=CCCN(c2cc(F)cc(/C=C/C(=O)O)c2)C1. The van der Waals surface area contributed by atoms with Crippen molar-refractivity contribution >= 4 is 17.7 Å². The Balaban J connectivity index is 2.26. The van der Waals surface area contributed by atoms with Gasteiger partial charge in [-0.15, -0.1) is 0 Å². The highest BCUT2D eigenvalue weighted by Crippen LogP contribution is 2.23. The molecule has 0 radical (unpaired) electrons. The molecule has 4 heteroatoms. The summed E-state index contributed by atoms with van der Waals surface area (Å²) in [6.07, 6.45) is 5.55. The van der Waals surface area contributed by atoms with Crippen LogP contribution in [-0.4, -0.2) is 24.2 Å². The molecule has 1 aromatic rings. The molecular weight excluding hydrogens is 245 g/mol. The quantitative estimate of drug-likeness (QED) is 0.671. The van der Waals surface area contributed by atoms with Crippen molar-refractivity contribution in [2.24, 2.45) is 0 Å². The van der Waals surface area contributed by atoms with Gasteiger partial charge in [0.2, 0.25) is 0 Å². The third-order valence-corrected chi connectivity index (χ3v) is 3.02. The van der Waals surface area contributed by atoms with E-state index in [1.54, 1.807) is 6.07 Å². The second kappa shape index (κ2) is 5.69. The maximum Gasteiger partial charge on any atom is 0.328 e. The molecule has 0 aromatic heterocycles. The van der Waals surface area contributed by atoms with Crippen LogP contribution < -0.4 is 4.90 Å². The summed E-state index contributed by atoms with van der Waals surface area (Å²) in [5.41, 5.74) is 2.61. The number of hydrogen-bond donors (Lipinski definition) is 1. The van der Waals surface area contributed by atoms with Gasteiger partial charge in [0.15, 0.2) is 0 Å². The Morgan fingerprint density at radius 1 is 1.42 bits per heavy atom. The average molecular weight is 261 g/mol. The summed E-state index contributed by atoms with van der Waals surface area (Å²) in [5, 5.41) is 8.60. The Kier molecular flexibility index (Phi) is 4.00. The monoisotopic (exact) mass is 261 g/mol. The van der Waals surface area contributed by atoms with E-state index in [1.807, 2.05) is 0 Å². The number of halogens is 1. The number of carbonyl (C=O) groups is 1. The molecule has 0 unspecified atom stereocenters. The molecule has 0 spiro atoms. The Labute approximate surface area is 111 Å². The van der Waals surface area contributed by atoms with Gasteiger partial charge >= 0.3 is 5.97 Å². The van der Waals surface area contributed by atoms with Gasteiger partial charge in [-0.25, -0.2) is 9.18 Å². The predicted molar refractivity (Wildman–Crippen MR) is 73.7 cm³/mol. The molecule has 0 saturated carbocycles. The number of hydrogen-bond acceptors (Lipinski definition) is 2. The van der Waals surface area contributed by atoms with Crippen molar-refractivity contribution in [2.45, 2.75) is 13.3 Å². The standard InChI is InChI=1S/C15H16FNO2/c1-11-3-2-6-17(10-11)14-8-12(4-5-15(18)19)7-13(16)9-14/h3-5,7-9H,2,6,10H2,1H3,(H,18,19)/b5-4+. The number of carboxylic acids is 1. The fourth-order valence-corrected chi connectivity index (χ4v) is 2.17. The van der Waals surface area contributed by atoms with Crippen molar-refractivity contribution in [1.82, 2.24) is 0 Å². The second-order valence-corrected chi connectivity index (χ2v) is 4.68. The van der Waals surface area contributed by atoms with Crippen LogP contribution in [0.4, 0.5) is 10.1 Å². The molecule has 1 heterocycles. The van der Waals surface area contributed by atoms with Crippen LogP contribution in [0.1, 0.15) is 18.9 Å². The summed E-state index contributed by atoms with van der Waals surface area (Å²) in [6, 6.07) is 4.62. The van der Waals surface area contributed by atoms with E-state index in [1.165, 1.54) is 23.8 Å². The van der Waals surface area contributed by atoms with Crippen LogP contribution in [0.25, 0.3) is 6.08 Å². The first-order valence-corrected chi connectivity index (χ1v) is 6.17. The van der Waals surface area contributed by atoms with Gasteiger partial charge in [-0.3, -0.25) is 0 Å². The highest BCUT2D eigenvalue weighted by Gasteiger charge is 2.12. The summed E-state index contributed by atoms with van der Waals surface area (Å²) < 4.78 is 13.6. The first-order chi connectivity index (χ1) is 9.04. The van der Waals surface area contributed by atoms with Gasteiger partial charge in [-0.1, -0.05) is 11.6 Å². The predicted octanol–water partition coefficient (Wildman–Crippen LogP) is 3.08. The van der Waals surface area contributed by atoms with E-state index in [4.69, 9.17) is 5.11 Å². The van der Waals surface area contributed by atoms with Crippen LogP contribution >= 0.6 is 0 Å². The van der Waals surface area contributed by atoms with Gasteiger partial charge in [-0.2, -0.15) is 0 Å². The highest BCUT2D eigenvalue weighted by atomic mass is 19.1. The minimum Gasteiger partial charge on any atom is -0.478 e. The molecule has 1 aliphatic rings. The Morgan fingerprint density at radius 2 is 2.21 bits per heavy atom. The summed E-state index contributed by atoms with van der Waals surface area (Å²) in [4.78, 5) is 12.6. The van der Waals surface area contributed by atoms with Gasteiger partial charge < -0.3 is 10.0 Å². The average Bonchev–Trinajstić information content (AvgIpc) is 2.36. The number of anilines is 1. The molecule has 1 N–H and O–H groups in total. The molecule has 0 aliphatic carbocycles. The van der Waals surface area contributed by atoms with Crippen molar-refractivity contribution in [3.05, 3.63) is 47.3 Å². The zero-order chi connectivity index (χ0) is 13.8. The topological polar surface area (TPSA) is 40.5 Å². The normalized spacial score (nSPS) is 15.7. The van der Waals surface area contributed by atoms with Gasteiger partial charge in [0.25, 0.3) is 0 Å². The van der Waals surface area contributed by atoms with E-state index in [0.29, 0.717) is 5.56 Å². The van der Waals surface area contributed by atoms with Crippen LogP contribution in [0.2, 0.25) is 0 Å². The maximum absolute atomic E-state index is 13.6. The lowest BCUT2D eigenvalue weighted by atomic mass is 10.1. The van der Waals surface area contributed by atoms with E-state index in [0.717, 1.165) is 31.3 Å². The van der Waals surface area contributed by atoms with E-state index >= 15 is 0 Å². The van der Waals surface area contributed by atoms with Gasteiger partial charge in [0.05, 0.1) is 0 Å².